The molecule has 1 heterocycles. The summed E-state index contributed by atoms with van der Waals surface area (Å²) in [7, 11) is 1.88. The lowest BCUT2D eigenvalue weighted by Crippen LogP contribution is -2.24. The van der Waals surface area contributed by atoms with Crippen LogP contribution in [0.3, 0.4) is 0 Å². The highest BCUT2D eigenvalue weighted by Gasteiger charge is 2.09. The van der Waals surface area contributed by atoms with Gasteiger partial charge in [0.1, 0.15) is 0 Å². The highest BCUT2D eigenvalue weighted by Crippen LogP contribution is 2.18. The minimum Gasteiger partial charge on any atom is -0.348 e. The van der Waals surface area contributed by atoms with Crippen molar-refractivity contribution in [3.63, 3.8) is 0 Å². The van der Waals surface area contributed by atoms with Gasteiger partial charge in [0.15, 0.2) is 0 Å². The molecule has 20 heavy (non-hydrogen) atoms. The Morgan fingerprint density at radius 3 is 2.55 bits per heavy atom. The lowest BCUT2D eigenvalue weighted by molar-refractivity contribution is 0.0957. The van der Waals surface area contributed by atoms with E-state index in [-0.39, 0.29) is 5.91 Å². The minimum atomic E-state index is -0.209. The summed E-state index contributed by atoms with van der Waals surface area (Å²) in [6, 6.07) is 9.78. The lowest BCUT2D eigenvalue weighted by atomic mass is 10.3. The highest BCUT2D eigenvalue weighted by molar-refractivity contribution is 5.93. The van der Waals surface area contributed by atoms with E-state index in [9.17, 15) is 4.79 Å². The van der Waals surface area contributed by atoms with Gasteiger partial charge in [0, 0.05) is 31.7 Å². The zero-order valence-corrected chi connectivity index (χ0v) is 11.3. The van der Waals surface area contributed by atoms with Crippen LogP contribution in [0.2, 0.25) is 0 Å². The molecule has 0 aliphatic carbocycles. The van der Waals surface area contributed by atoms with Gasteiger partial charge in [0.25, 0.3) is 5.91 Å². The Kier molecular flexibility index (Phi) is 4.44. The zero-order chi connectivity index (χ0) is 14.4. The maximum absolute atomic E-state index is 11.7. The molecule has 2 rings (SSSR count). The van der Waals surface area contributed by atoms with E-state index in [1.165, 1.54) is 12.4 Å². The number of hydrogen-bond acceptors (Lipinski definition) is 4. The summed E-state index contributed by atoms with van der Waals surface area (Å²) in [6.45, 7) is 3.97. The number of nitrogens with zero attached hydrogens (tertiary/aromatic N) is 3. The fourth-order valence-corrected chi connectivity index (χ4v) is 1.65. The molecule has 0 spiro atoms. The SMILES string of the molecule is C=CCNC(=O)c1cnc(N(C)c2ccccc2)nc1. The fraction of sp³-hybridized carbons (Fsp3) is 0.133. The van der Waals surface area contributed by atoms with E-state index in [0.717, 1.165) is 5.69 Å². The number of carbonyl (C=O) groups excluding carboxylic acids is 1. The number of benzene rings is 1. The number of carbonyl (C=O) groups is 1. The summed E-state index contributed by atoms with van der Waals surface area (Å²) in [5, 5.41) is 2.68. The normalized spacial score (nSPS) is 9.85. The quantitative estimate of drug-likeness (QED) is 0.844. The first-order valence-electron chi connectivity index (χ1n) is 6.22. The third kappa shape index (κ3) is 3.20. The van der Waals surface area contributed by atoms with Crippen LogP contribution in [0, 0.1) is 0 Å². The van der Waals surface area contributed by atoms with Crippen molar-refractivity contribution in [1.29, 1.82) is 0 Å². The minimum absolute atomic E-state index is 0.209. The first kappa shape index (κ1) is 13.7. The molecule has 0 bridgehead atoms. The van der Waals surface area contributed by atoms with E-state index in [2.05, 4.69) is 21.9 Å². The van der Waals surface area contributed by atoms with Crippen LogP contribution in [0.4, 0.5) is 11.6 Å². The molecule has 0 saturated heterocycles. The molecule has 0 saturated carbocycles. The van der Waals surface area contributed by atoms with Crippen LogP contribution in [0.1, 0.15) is 10.4 Å². The van der Waals surface area contributed by atoms with Gasteiger partial charge < -0.3 is 10.2 Å². The van der Waals surface area contributed by atoms with Gasteiger partial charge in [-0.05, 0) is 12.1 Å². The summed E-state index contributed by atoms with van der Waals surface area (Å²) in [6.07, 6.45) is 4.65. The molecule has 102 valence electrons. The van der Waals surface area contributed by atoms with E-state index < -0.39 is 0 Å². The molecule has 0 aliphatic rings. The molecule has 0 atom stereocenters. The predicted octanol–water partition coefficient (Wildman–Crippen LogP) is 2.16. The highest BCUT2D eigenvalue weighted by atomic mass is 16.1. The van der Waals surface area contributed by atoms with E-state index >= 15 is 0 Å². The molecule has 1 amide bonds. The van der Waals surface area contributed by atoms with Crippen LogP contribution >= 0.6 is 0 Å². The second-order valence-corrected chi connectivity index (χ2v) is 4.17. The molecule has 2 aromatic rings. The van der Waals surface area contributed by atoms with Crippen molar-refractivity contribution in [2.45, 2.75) is 0 Å². The van der Waals surface area contributed by atoms with E-state index in [0.29, 0.717) is 18.1 Å². The lowest BCUT2D eigenvalue weighted by Gasteiger charge is -2.16. The number of anilines is 2. The number of para-hydroxylation sites is 1. The standard InChI is InChI=1S/C15H16N4O/c1-3-9-16-14(20)12-10-17-15(18-11-12)19(2)13-7-5-4-6-8-13/h3-8,10-11H,1,9H2,2H3,(H,16,20). The average Bonchev–Trinajstić information content (AvgIpc) is 2.53. The monoisotopic (exact) mass is 268 g/mol. The number of rotatable bonds is 5. The Balaban J connectivity index is 2.12. The van der Waals surface area contributed by atoms with Gasteiger partial charge in [-0.25, -0.2) is 9.97 Å². The van der Waals surface area contributed by atoms with Crippen LogP contribution < -0.4 is 10.2 Å². The first-order chi connectivity index (χ1) is 9.72. The van der Waals surface area contributed by atoms with Gasteiger partial charge in [-0.15, -0.1) is 6.58 Å². The Morgan fingerprint density at radius 1 is 1.30 bits per heavy atom. The Bertz CT molecular complexity index is 581. The Morgan fingerprint density at radius 2 is 1.95 bits per heavy atom. The van der Waals surface area contributed by atoms with Crippen molar-refractivity contribution in [3.05, 3.63) is 60.9 Å². The van der Waals surface area contributed by atoms with Crippen molar-refractivity contribution >= 4 is 17.5 Å². The average molecular weight is 268 g/mol. The van der Waals surface area contributed by atoms with Crippen molar-refractivity contribution in [1.82, 2.24) is 15.3 Å². The van der Waals surface area contributed by atoms with Crippen LogP contribution in [-0.4, -0.2) is 29.5 Å². The first-order valence-corrected chi connectivity index (χ1v) is 6.22. The van der Waals surface area contributed by atoms with Gasteiger partial charge in [0.2, 0.25) is 5.95 Å². The number of hydrogen-bond donors (Lipinski definition) is 1. The van der Waals surface area contributed by atoms with Gasteiger partial charge >= 0.3 is 0 Å². The number of nitrogens with one attached hydrogen (secondary N) is 1. The Labute approximate surface area is 118 Å². The summed E-state index contributed by atoms with van der Waals surface area (Å²) in [5.41, 5.74) is 1.41. The third-order valence-corrected chi connectivity index (χ3v) is 2.75. The summed E-state index contributed by atoms with van der Waals surface area (Å²) in [5.74, 6) is 0.329. The van der Waals surface area contributed by atoms with Crippen LogP contribution in [-0.2, 0) is 0 Å². The molecule has 1 aromatic carbocycles. The second kappa shape index (κ2) is 6.47. The van der Waals surface area contributed by atoms with Crippen LogP contribution in [0.25, 0.3) is 0 Å². The van der Waals surface area contributed by atoms with E-state index in [1.807, 2.05) is 42.3 Å². The molecule has 1 N–H and O–H groups in total. The molecule has 0 aliphatic heterocycles. The van der Waals surface area contributed by atoms with Gasteiger partial charge in [0.05, 0.1) is 5.56 Å². The van der Waals surface area contributed by atoms with Crippen molar-refractivity contribution < 1.29 is 4.79 Å². The molecule has 0 radical (unpaired) electrons. The largest absolute Gasteiger partial charge is 0.348 e. The zero-order valence-electron chi connectivity index (χ0n) is 11.3. The fourth-order valence-electron chi connectivity index (χ4n) is 1.65. The molecular formula is C15H16N4O. The third-order valence-electron chi connectivity index (χ3n) is 2.75. The van der Waals surface area contributed by atoms with Crippen LogP contribution in [0.5, 0.6) is 0 Å². The number of aromatic nitrogens is 2. The van der Waals surface area contributed by atoms with E-state index in [4.69, 9.17) is 0 Å². The maximum Gasteiger partial charge on any atom is 0.254 e. The second-order valence-electron chi connectivity index (χ2n) is 4.17. The smallest absolute Gasteiger partial charge is 0.254 e. The molecular weight excluding hydrogens is 252 g/mol. The van der Waals surface area contributed by atoms with Crippen molar-refractivity contribution in [3.8, 4) is 0 Å². The summed E-state index contributed by atoms with van der Waals surface area (Å²) >= 11 is 0. The maximum atomic E-state index is 11.7. The van der Waals surface area contributed by atoms with Gasteiger partial charge in [-0.1, -0.05) is 24.3 Å². The van der Waals surface area contributed by atoms with E-state index in [1.54, 1.807) is 6.08 Å². The van der Waals surface area contributed by atoms with Crippen molar-refractivity contribution in [2.75, 3.05) is 18.5 Å². The van der Waals surface area contributed by atoms with Crippen LogP contribution in [0.15, 0.2) is 55.4 Å². The van der Waals surface area contributed by atoms with Gasteiger partial charge in [-0.2, -0.15) is 0 Å². The summed E-state index contributed by atoms with van der Waals surface area (Å²) < 4.78 is 0. The Hall–Kier alpha value is -2.69. The van der Waals surface area contributed by atoms with Crippen molar-refractivity contribution in [2.24, 2.45) is 0 Å². The summed E-state index contributed by atoms with van der Waals surface area (Å²) in [4.78, 5) is 22.0. The molecule has 5 nitrogen and oxygen atoms in total. The molecule has 0 fully saturated rings. The number of amides is 1. The topological polar surface area (TPSA) is 58.1 Å². The molecule has 5 heteroatoms. The molecule has 1 aromatic heterocycles. The van der Waals surface area contributed by atoms with Gasteiger partial charge in [-0.3, -0.25) is 4.79 Å². The predicted molar refractivity (Wildman–Crippen MR) is 79.1 cm³/mol. The molecule has 0 unspecified atom stereocenters.